The van der Waals surface area contributed by atoms with Crippen molar-refractivity contribution in [2.45, 2.75) is 13.5 Å². The molecule has 0 unspecified atom stereocenters. The monoisotopic (exact) mass is 443 g/mol. The molecule has 32 heavy (non-hydrogen) atoms. The van der Waals surface area contributed by atoms with Crippen molar-refractivity contribution in [2.24, 2.45) is 5.10 Å². The number of nitro benzene ring substituents is 1. The molecule has 1 aromatic carbocycles. The Morgan fingerprint density at radius 1 is 1.28 bits per heavy atom. The molecule has 0 saturated heterocycles. The second kappa shape index (κ2) is 11.2. The lowest BCUT2D eigenvalue weighted by Gasteiger charge is -2.10. The second-order valence-electron chi connectivity index (χ2n) is 6.25. The Morgan fingerprint density at radius 2 is 1.97 bits per heavy atom. The van der Waals surface area contributed by atoms with Crippen LogP contribution in [0.15, 0.2) is 23.3 Å². The molecule has 1 aromatic heterocycles. The van der Waals surface area contributed by atoms with Crippen LogP contribution in [0.2, 0.25) is 0 Å². The van der Waals surface area contributed by atoms with Crippen molar-refractivity contribution in [3.05, 3.63) is 50.7 Å². The normalized spacial score (nSPS) is 10.5. The van der Waals surface area contributed by atoms with Gasteiger partial charge in [-0.1, -0.05) is 0 Å². The predicted octanol–water partition coefficient (Wildman–Crippen LogP) is 1.86. The van der Waals surface area contributed by atoms with Gasteiger partial charge in [0.15, 0.2) is 18.1 Å². The number of carbonyl (C=O) groups is 1. The number of hydrogen-bond acceptors (Lipinski definition) is 10. The van der Waals surface area contributed by atoms with Crippen molar-refractivity contribution in [3.63, 3.8) is 0 Å². The molecule has 0 saturated carbocycles. The summed E-state index contributed by atoms with van der Waals surface area (Å²) in [6, 6.07) is 6.22. The lowest BCUT2D eigenvalue weighted by atomic mass is 10.1. The number of amides is 1. The zero-order valence-corrected chi connectivity index (χ0v) is 17.9. The Bertz CT molecular complexity index is 1080. The first kappa shape index (κ1) is 24.0. The molecule has 0 spiro atoms. The maximum atomic E-state index is 12.1. The van der Waals surface area contributed by atoms with E-state index in [1.807, 2.05) is 6.07 Å². The van der Waals surface area contributed by atoms with E-state index in [-0.39, 0.29) is 40.8 Å². The molecular weight excluding hydrogens is 422 g/mol. The molecule has 12 heteroatoms. The van der Waals surface area contributed by atoms with Crippen LogP contribution < -0.4 is 19.6 Å². The molecule has 0 aliphatic rings. The van der Waals surface area contributed by atoms with Gasteiger partial charge in [-0.25, -0.2) is 10.4 Å². The first-order chi connectivity index (χ1) is 15.3. The SMILES string of the molecule is COCc1cc(C)nc(OCC(=O)N/N=C\c2cc(OC)c(OC)cc2[N+](=O)[O-])c1C#N. The van der Waals surface area contributed by atoms with E-state index >= 15 is 0 Å². The Labute approximate surface area is 183 Å². The molecule has 1 N–H and O–H groups in total. The third-order valence-electron chi connectivity index (χ3n) is 4.07. The van der Waals surface area contributed by atoms with Crippen molar-refractivity contribution in [3.8, 4) is 23.4 Å². The molecule has 0 radical (unpaired) electrons. The summed E-state index contributed by atoms with van der Waals surface area (Å²) < 4.78 is 20.6. The lowest BCUT2D eigenvalue weighted by molar-refractivity contribution is -0.385. The summed E-state index contributed by atoms with van der Waals surface area (Å²) in [4.78, 5) is 26.9. The zero-order valence-electron chi connectivity index (χ0n) is 17.9. The minimum atomic E-state index is -0.662. The van der Waals surface area contributed by atoms with E-state index in [0.717, 1.165) is 6.21 Å². The summed E-state index contributed by atoms with van der Waals surface area (Å²) in [5, 5.41) is 24.4. The van der Waals surface area contributed by atoms with Crippen LogP contribution in [0.1, 0.15) is 22.4 Å². The zero-order chi connectivity index (χ0) is 23.7. The van der Waals surface area contributed by atoms with Crippen molar-refractivity contribution >= 4 is 17.8 Å². The molecule has 0 bridgehead atoms. The fourth-order valence-electron chi connectivity index (χ4n) is 2.69. The maximum absolute atomic E-state index is 12.1. The van der Waals surface area contributed by atoms with Gasteiger partial charge in [-0.15, -0.1) is 0 Å². The van der Waals surface area contributed by atoms with Crippen LogP contribution in [0.3, 0.4) is 0 Å². The fraction of sp³-hybridized carbons (Fsp3) is 0.300. The van der Waals surface area contributed by atoms with E-state index in [4.69, 9.17) is 18.9 Å². The summed E-state index contributed by atoms with van der Waals surface area (Å²) in [7, 11) is 4.23. The van der Waals surface area contributed by atoms with Crippen LogP contribution in [-0.4, -0.2) is 50.0 Å². The number of nitro groups is 1. The maximum Gasteiger partial charge on any atom is 0.282 e. The first-order valence-electron chi connectivity index (χ1n) is 9.09. The fourth-order valence-corrected chi connectivity index (χ4v) is 2.69. The van der Waals surface area contributed by atoms with Gasteiger partial charge >= 0.3 is 0 Å². The Balaban J connectivity index is 2.11. The molecule has 168 valence electrons. The number of benzene rings is 1. The van der Waals surface area contributed by atoms with Gasteiger partial charge in [0.25, 0.3) is 11.6 Å². The van der Waals surface area contributed by atoms with Gasteiger partial charge in [0.2, 0.25) is 5.88 Å². The topological polar surface area (TPSA) is 158 Å². The van der Waals surface area contributed by atoms with E-state index in [2.05, 4.69) is 15.5 Å². The van der Waals surface area contributed by atoms with E-state index in [1.54, 1.807) is 13.0 Å². The van der Waals surface area contributed by atoms with Crippen molar-refractivity contribution < 1.29 is 28.7 Å². The number of carbonyl (C=O) groups excluding carboxylic acids is 1. The van der Waals surface area contributed by atoms with Crippen LogP contribution in [0.4, 0.5) is 5.69 Å². The van der Waals surface area contributed by atoms with Gasteiger partial charge in [-0.2, -0.15) is 10.4 Å². The Hall–Kier alpha value is -4.24. The number of rotatable bonds is 10. The highest BCUT2D eigenvalue weighted by atomic mass is 16.6. The van der Waals surface area contributed by atoms with Crippen molar-refractivity contribution in [1.29, 1.82) is 5.26 Å². The Morgan fingerprint density at radius 3 is 2.56 bits per heavy atom. The van der Waals surface area contributed by atoms with E-state index < -0.39 is 17.4 Å². The standard InChI is InChI=1S/C20H21N5O7/c1-12-5-14(10-29-2)15(8-21)20(23-12)32-11-19(26)24-22-9-13-6-17(30-3)18(31-4)7-16(13)25(27)28/h5-7,9H,10-11H2,1-4H3,(H,24,26)/b22-9-. The third-order valence-corrected chi connectivity index (χ3v) is 4.07. The number of aryl methyl sites for hydroxylation is 1. The second-order valence-corrected chi connectivity index (χ2v) is 6.25. The smallest absolute Gasteiger partial charge is 0.282 e. The number of nitrogens with zero attached hydrogens (tertiary/aromatic N) is 4. The molecule has 0 atom stereocenters. The molecule has 1 heterocycles. The summed E-state index contributed by atoms with van der Waals surface area (Å²) in [5.41, 5.74) is 3.33. The minimum Gasteiger partial charge on any atom is -0.493 e. The average Bonchev–Trinajstić information content (AvgIpc) is 2.77. The van der Waals surface area contributed by atoms with Crippen molar-refractivity contribution in [1.82, 2.24) is 10.4 Å². The number of aromatic nitrogens is 1. The summed E-state index contributed by atoms with van der Waals surface area (Å²) >= 11 is 0. The highest BCUT2D eigenvalue weighted by Gasteiger charge is 2.18. The van der Waals surface area contributed by atoms with Gasteiger partial charge in [0.05, 0.1) is 43.6 Å². The molecule has 0 aliphatic heterocycles. The average molecular weight is 443 g/mol. The number of nitrogens with one attached hydrogen (secondary N) is 1. The summed E-state index contributed by atoms with van der Waals surface area (Å²) in [6.45, 7) is 1.42. The van der Waals surface area contributed by atoms with Gasteiger partial charge in [-0.05, 0) is 19.1 Å². The highest BCUT2D eigenvalue weighted by Crippen LogP contribution is 2.33. The van der Waals surface area contributed by atoms with Crippen molar-refractivity contribution in [2.75, 3.05) is 27.9 Å². The van der Waals surface area contributed by atoms with E-state index in [0.29, 0.717) is 11.3 Å². The van der Waals surface area contributed by atoms with Gasteiger partial charge in [-0.3, -0.25) is 14.9 Å². The largest absolute Gasteiger partial charge is 0.493 e. The van der Waals surface area contributed by atoms with Gasteiger partial charge in [0, 0.05) is 18.4 Å². The molecule has 0 fully saturated rings. The number of ether oxygens (including phenoxy) is 4. The highest BCUT2D eigenvalue weighted by molar-refractivity contribution is 5.88. The number of hydrogen-bond donors (Lipinski definition) is 1. The van der Waals surface area contributed by atoms with Crippen LogP contribution >= 0.6 is 0 Å². The number of pyridine rings is 1. The molecule has 1 amide bonds. The molecule has 0 aliphatic carbocycles. The molecule has 2 aromatic rings. The third kappa shape index (κ3) is 5.89. The van der Waals surface area contributed by atoms with Crippen LogP contribution in [0, 0.1) is 28.4 Å². The summed E-state index contributed by atoms with van der Waals surface area (Å²) in [6.07, 6.45) is 1.10. The van der Waals surface area contributed by atoms with Crippen LogP contribution in [0.5, 0.6) is 17.4 Å². The quantitative estimate of drug-likeness (QED) is 0.328. The van der Waals surface area contributed by atoms with Crippen LogP contribution in [0.25, 0.3) is 0 Å². The summed E-state index contributed by atoms with van der Waals surface area (Å²) in [5.74, 6) is -0.227. The molecule has 2 rings (SSSR count). The van der Waals surface area contributed by atoms with E-state index in [9.17, 15) is 20.2 Å². The van der Waals surface area contributed by atoms with E-state index in [1.165, 1.54) is 33.5 Å². The number of nitriles is 1. The van der Waals surface area contributed by atoms with Crippen LogP contribution in [-0.2, 0) is 16.1 Å². The predicted molar refractivity (Wildman–Crippen MR) is 112 cm³/mol. The lowest BCUT2D eigenvalue weighted by Crippen LogP contribution is -2.25. The minimum absolute atomic E-state index is 0.00536. The molecular formula is C20H21N5O7. The first-order valence-corrected chi connectivity index (χ1v) is 9.09. The van der Waals surface area contributed by atoms with Gasteiger partial charge in [0.1, 0.15) is 11.6 Å². The van der Waals surface area contributed by atoms with Gasteiger partial charge < -0.3 is 18.9 Å². The molecule has 12 nitrogen and oxygen atoms in total. The Kier molecular flexibility index (Phi) is 8.44. The number of methoxy groups -OCH3 is 3. The number of hydrazone groups is 1.